The lowest BCUT2D eigenvalue weighted by molar-refractivity contribution is -0.116. The van der Waals surface area contributed by atoms with Crippen LogP contribution in [0.4, 0.5) is 5.69 Å². The van der Waals surface area contributed by atoms with E-state index < -0.39 is 0 Å². The Morgan fingerprint density at radius 1 is 1.20 bits per heavy atom. The number of carbonyl (C=O) groups is 1. The van der Waals surface area contributed by atoms with Crippen LogP contribution in [-0.4, -0.2) is 27.2 Å². The molecule has 6 nitrogen and oxygen atoms in total. The van der Waals surface area contributed by atoms with Gasteiger partial charge in [-0.2, -0.15) is 0 Å². The Balaban J connectivity index is 2.04. The van der Waals surface area contributed by atoms with E-state index in [0.717, 1.165) is 17.7 Å². The summed E-state index contributed by atoms with van der Waals surface area (Å²) in [6.07, 6.45) is 0.949. The quantitative estimate of drug-likeness (QED) is 0.605. The Kier molecular flexibility index (Phi) is 7.03. The molecule has 0 unspecified atom stereocenters. The van der Waals surface area contributed by atoms with E-state index in [1.807, 2.05) is 31.2 Å². The van der Waals surface area contributed by atoms with Crippen LogP contribution >= 0.6 is 11.6 Å². The van der Waals surface area contributed by atoms with Crippen LogP contribution < -0.4 is 10.9 Å². The van der Waals surface area contributed by atoms with E-state index in [1.165, 1.54) is 4.57 Å². The van der Waals surface area contributed by atoms with E-state index in [9.17, 15) is 14.7 Å². The standard InChI is InChI=1S/C23H24ClN3O3/c1-3-16-7-4-5-10-20(16)26-21(29)14-27-22(17-8-6-9-18(24)13-17)25-15(2)19(11-12-28)23(27)30/h4-10,13,28H,3,11-12,14H2,1-2H3,(H,26,29). The van der Waals surface area contributed by atoms with Crippen LogP contribution in [0.15, 0.2) is 53.3 Å². The zero-order valence-electron chi connectivity index (χ0n) is 17.0. The van der Waals surface area contributed by atoms with Crippen molar-refractivity contribution in [1.29, 1.82) is 0 Å². The molecule has 0 saturated heterocycles. The Hall–Kier alpha value is -2.96. The zero-order chi connectivity index (χ0) is 21.7. The van der Waals surface area contributed by atoms with Gasteiger partial charge in [0, 0.05) is 40.6 Å². The van der Waals surface area contributed by atoms with Gasteiger partial charge in [-0.1, -0.05) is 48.9 Å². The number of nitrogens with one attached hydrogen (secondary N) is 1. The van der Waals surface area contributed by atoms with E-state index in [4.69, 9.17) is 11.6 Å². The van der Waals surface area contributed by atoms with Gasteiger partial charge in [0.1, 0.15) is 12.4 Å². The van der Waals surface area contributed by atoms with Gasteiger partial charge in [-0.05, 0) is 37.1 Å². The maximum Gasteiger partial charge on any atom is 0.257 e. The predicted molar refractivity (Wildman–Crippen MR) is 119 cm³/mol. The molecule has 0 aliphatic carbocycles. The van der Waals surface area contributed by atoms with E-state index in [2.05, 4.69) is 10.3 Å². The number of anilines is 1. The number of hydrogen-bond donors (Lipinski definition) is 2. The third kappa shape index (κ3) is 4.78. The average molecular weight is 426 g/mol. The van der Waals surface area contributed by atoms with Crippen molar-refractivity contribution in [2.75, 3.05) is 11.9 Å². The molecule has 1 aromatic heterocycles. The molecule has 1 amide bonds. The molecule has 0 aliphatic heterocycles. The number of nitrogens with zero attached hydrogens (tertiary/aromatic N) is 2. The number of amides is 1. The molecule has 0 saturated carbocycles. The number of carbonyl (C=O) groups excluding carboxylic acids is 1. The second-order valence-electron chi connectivity index (χ2n) is 6.93. The summed E-state index contributed by atoms with van der Waals surface area (Å²) in [6.45, 7) is 3.36. The van der Waals surface area contributed by atoms with E-state index in [-0.39, 0.29) is 31.0 Å². The smallest absolute Gasteiger partial charge is 0.257 e. The summed E-state index contributed by atoms with van der Waals surface area (Å²) in [5.41, 5.74) is 2.95. The van der Waals surface area contributed by atoms with E-state index >= 15 is 0 Å². The molecule has 0 aliphatic rings. The molecule has 7 heteroatoms. The van der Waals surface area contributed by atoms with Crippen LogP contribution in [0.3, 0.4) is 0 Å². The first-order valence-corrected chi connectivity index (χ1v) is 10.2. The van der Waals surface area contributed by atoms with E-state index in [0.29, 0.717) is 27.7 Å². The van der Waals surface area contributed by atoms with Crippen LogP contribution in [0.1, 0.15) is 23.7 Å². The minimum Gasteiger partial charge on any atom is -0.396 e. The molecule has 0 atom stereocenters. The number of aliphatic hydroxyl groups is 1. The number of aryl methyl sites for hydroxylation is 2. The monoisotopic (exact) mass is 425 g/mol. The second kappa shape index (κ2) is 9.69. The van der Waals surface area contributed by atoms with Gasteiger partial charge in [-0.3, -0.25) is 14.2 Å². The van der Waals surface area contributed by atoms with Crippen LogP contribution in [0.2, 0.25) is 5.02 Å². The summed E-state index contributed by atoms with van der Waals surface area (Å²) in [5.74, 6) is 0.0301. The molecule has 3 aromatic rings. The molecular formula is C23H24ClN3O3. The normalized spacial score (nSPS) is 10.8. The van der Waals surface area contributed by atoms with Crippen molar-refractivity contribution in [1.82, 2.24) is 9.55 Å². The summed E-state index contributed by atoms with van der Waals surface area (Å²) in [7, 11) is 0. The summed E-state index contributed by atoms with van der Waals surface area (Å²) < 4.78 is 1.34. The average Bonchev–Trinajstić information content (AvgIpc) is 2.73. The van der Waals surface area contributed by atoms with Crippen molar-refractivity contribution in [2.45, 2.75) is 33.2 Å². The fraction of sp³-hybridized carbons (Fsp3) is 0.261. The molecule has 0 bridgehead atoms. The maximum absolute atomic E-state index is 13.2. The van der Waals surface area contributed by atoms with Gasteiger partial charge < -0.3 is 10.4 Å². The maximum atomic E-state index is 13.2. The number of halogens is 1. The molecule has 0 radical (unpaired) electrons. The van der Waals surface area contributed by atoms with E-state index in [1.54, 1.807) is 31.2 Å². The van der Waals surface area contributed by atoms with Crippen molar-refractivity contribution in [3.05, 3.63) is 80.7 Å². The Labute approximate surface area is 180 Å². The first-order valence-electron chi connectivity index (χ1n) is 9.79. The van der Waals surface area contributed by atoms with Gasteiger partial charge in [0.25, 0.3) is 5.56 Å². The van der Waals surface area contributed by atoms with Crippen molar-refractivity contribution < 1.29 is 9.90 Å². The van der Waals surface area contributed by atoms with Gasteiger partial charge in [0.15, 0.2) is 0 Å². The third-order valence-corrected chi connectivity index (χ3v) is 5.12. The molecule has 1 heterocycles. The molecule has 156 valence electrons. The van der Waals surface area contributed by atoms with Gasteiger partial charge in [-0.15, -0.1) is 0 Å². The highest BCUT2D eigenvalue weighted by Crippen LogP contribution is 2.22. The van der Waals surface area contributed by atoms with Crippen LogP contribution in [-0.2, 0) is 24.2 Å². The number of para-hydroxylation sites is 1. The van der Waals surface area contributed by atoms with Crippen molar-refractivity contribution >= 4 is 23.2 Å². The van der Waals surface area contributed by atoms with Gasteiger partial charge in [0.2, 0.25) is 5.91 Å². The van der Waals surface area contributed by atoms with Crippen molar-refractivity contribution in [2.24, 2.45) is 0 Å². The minimum absolute atomic E-state index is 0.174. The first-order chi connectivity index (χ1) is 14.4. The molecule has 2 N–H and O–H groups in total. The SMILES string of the molecule is CCc1ccccc1NC(=O)Cn1c(-c2cccc(Cl)c2)nc(C)c(CCO)c1=O. The van der Waals surface area contributed by atoms with Crippen molar-refractivity contribution in [3.8, 4) is 11.4 Å². The number of rotatable bonds is 7. The minimum atomic E-state index is -0.342. The molecular weight excluding hydrogens is 402 g/mol. The highest BCUT2D eigenvalue weighted by Gasteiger charge is 2.18. The van der Waals surface area contributed by atoms with Gasteiger partial charge in [0.05, 0.1) is 0 Å². The number of aliphatic hydroxyl groups excluding tert-OH is 1. The lowest BCUT2D eigenvalue weighted by atomic mass is 10.1. The van der Waals surface area contributed by atoms with Crippen LogP contribution in [0.25, 0.3) is 11.4 Å². The topological polar surface area (TPSA) is 84.2 Å². The van der Waals surface area contributed by atoms with Gasteiger partial charge >= 0.3 is 0 Å². The second-order valence-corrected chi connectivity index (χ2v) is 7.37. The highest BCUT2D eigenvalue weighted by atomic mass is 35.5. The number of aromatic nitrogens is 2. The Bertz CT molecular complexity index is 1120. The fourth-order valence-corrected chi connectivity index (χ4v) is 3.57. The van der Waals surface area contributed by atoms with Crippen LogP contribution in [0, 0.1) is 6.92 Å². The molecule has 30 heavy (non-hydrogen) atoms. The zero-order valence-corrected chi connectivity index (χ0v) is 17.7. The van der Waals surface area contributed by atoms with Crippen molar-refractivity contribution in [3.63, 3.8) is 0 Å². The molecule has 2 aromatic carbocycles. The Morgan fingerprint density at radius 2 is 1.97 bits per heavy atom. The molecule has 3 rings (SSSR count). The summed E-state index contributed by atoms with van der Waals surface area (Å²) in [5, 5.41) is 12.7. The summed E-state index contributed by atoms with van der Waals surface area (Å²) in [4.78, 5) is 30.6. The summed E-state index contributed by atoms with van der Waals surface area (Å²) >= 11 is 6.13. The number of hydrogen-bond acceptors (Lipinski definition) is 4. The molecule has 0 spiro atoms. The predicted octanol–water partition coefficient (Wildman–Crippen LogP) is 3.61. The molecule has 0 fully saturated rings. The lowest BCUT2D eigenvalue weighted by Gasteiger charge is -2.16. The Morgan fingerprint density at radius 3 is 2.67 bits per heavy atom. The third-order valence-electron chi connectivity index (χ3n) is 4.89. The summed E-state index contributed by atoms with van der Waals surface area (Å²) in [6, 6.07) is 14.5. The van der Waals surface area contributed by atoms with Crippen LogP contribution in [0.5, 0.6) is 0 Å². The highest BCUT2D eigenvalue weighted by molar-refractivity contribution is 6.30. The first kappa shape index (κ1) is 21.7. The fourth-order valence-electron chi connectivity index (χ4n) is 3.38. The largest absolute Gasteiger partial charge is 0.396 e. The number of benzene rings is 2. The van der Waals surface area contributed by atoms with Gasteiger partial charge in [-0.25, -0.2) is 4.98 Å². The lowest BCUT2D eigenvalue weighted by Crippen LogP contribution is -2.33.